The van der Waals surface area contributed by atoms with Crippen molar-refractivity contribution in [3.05, 3.63) is 29.8 Å². The third-order valence-electron chi connectivity index (χ3n) is 5.49. The van der Waals surface area contributed by atoms with E-state index < -0.39 is 41.9 Å². The van der Waals surface area contributed by atoms with Crippen molar-refractivity contribution in [2.45, 2.75) is 90.6 Å². The van der Waals surface area contributed by atoms with Gasteiger partial charge in [-0.3, -0.25) is 4.79 Å². The number of carbonyl (C=O) groups is 1. The van der Waals surface area contributed by atoms with Crippen molar-refractivity contribution in [2.24, 2.45) is 5.41 Å². The number of aliphatic hydroxyl groups excluding tert-OH is 1. The van der Waals surface area contributed by atoms with Gasteiger partial charge in [0.15, 0.2) is 12.1 Å². The molecule has 2 aliphatic heterocycles. The van der Waals surface area contributed by atoms with Crippen molar-refractivity contribution >= 4 is 5.97 Å². The molecule has 2 fully saturated rings. The largest absolute Gasteiger partial charge is 0.497 e. The highest BCUT2D eigenvalue weighted by Gasteiger charge is 2.57. The standard InChI is InChI=1S/C24H36O8/c1-23(2,3)22(26)28-13-7-8-17(25)18-19-20(32-24(4,5)31-19)21(30-18)29-14-15-9-11-16(27-6)12-10-15/h9-12,17-21,25H,7-8,13-14H2,1-6H3/t17-,18+,19-,20-,21-/m0/s1. The second kappa shape index (κ2) is 10.1. The number of carbonyl (C=O) groups excluding carboxylic acids is 1. The Labute approximate surface area is 190 Å². The molecule has 2 aliphatic rings. The van der Waals surface area contributed by atoms with Crippen molar-refractivity contribution in [3.8, 4) is 5.75 Å². The number of fused-ring (bicyclic) bond motifs is 1. The fourth-order valence-corrected chi connectivity index (χ4v) is 3.77. The van der Waals surface area contributed by atoms with E-state index in [4.69, 9.17) is 28.4 Å². The van der Waals surface area contributed by atoms with Gasteiger partial charge in [-0.2, -0.15) is 0 Å². The van der Waals surface area contributed by atoms with Crippen molar-refractivity contribution < 1.29 is 38.3 Å². The van der Waals surface area contributed by atoms with Crippen molar-refractivity contribution in [3.63, 3.8) is 0 Å². The molecule has 8 heteroatoms. The zero-order chi connectivity index (χ0) is 23.5. The summed E-state index contributed by atoms with van der Waals surface area (Å²) in [6.45, 7) is 9.66. The van der Waals surface area contributed by atoms with Crippen LogP contribution >= 0.6 is 0 Å². The second-order valence-corrected chi connectivity index (χ2v) is 9.79. The number of hydrogen-bond acceptors (Lipinski definition) is 8. The summed E-state index contributed by atoms with van der Waals surface area (Å²) in [7, 11) is 1.62. The maximum Gasteiger partial charge on any atom is 0.311 e. The smallest absolute Gasteiger partial charge is 0.311 e. The molecule has 180 valence electrons. The summed E-state index contributed by atoms with van der Waals surface area (Å²) < 4.78 is 34.5. The molecule has 1 aromatic rings. The molecule has 0 radical (unpaired) electrons. The van der Waals surface area contributed by atoms with E-state index in [2.05, 4.69) is 0 Å². The zero-order valence-electron chi connectivity index (χ0n) is 19.8. The van der Waals surface area contributed by atoms with Gasteiger partial charge in [-0.05, 0) is 65.2 Å². The fraction of sp³-hybridized carbons (Fsp3) is 0.708. The Bertz CT molecular complexity index is 754. The molecule has 2 saturated heterocycles. The lowest BCUT2D eigenvalue weighted by molar-refractivity contribution is -0.246. The lowest BCUT2D eigenvalue weighted by Gasteiger charge is -2.26. The van der Waals surface area contributed by atoms with Gasteiger partial charge in [-0.15, -0.1) is 0 Å². The molecule has 1 aromatic carbocycles. The fourth-order valence-electron chi connectivity index (χ4n) is 3.77. The molecular formula is C24H36O8. The molecule has 0 aromatic heterocycles. The number of ether oxygens (including phenoxy) is 6. The highest BCUT2D eigenvalue weighted by molar-refractivity contribution is 5.75. The minimum Gasteiger partial charge on any atom is -0.497 e. The average Bonchev–Trinajstić information content (AvgIpc) is 3.22. The Morgan fingerprint density at radius 2 is 1.81 bits per heavy atom. The van der Waals surface area contributed by atoms with E-state index in [0.29, 0.717) is 19.4 Å². The highest BCUT2D eigenvalue weighted by Crippen LogP contribution is 2.41. The molecule has 0 unspecified atom stereocenters. The van der Waals surface area contributed by atoms with Crippen LogP contribution in [-0.2, 0) is 35.1 Å². The summed E-state index contributed by atoms with van der Waals surface area (Å²) in [5, 5.41) is 10.8. The van der Waals surface area contributed by atoms with E-state index in [1.54, 1.807) is 7.11 Å². The minimum atomic E-state index is -0.803. The van der Waals surface area contributed by atoms with Crippen LogP contribution in [0.4, 0.5) is 0 Å². The van der Waals surface area contributed by atoms with Crippen molar-refractivity contribution in [2.75, 3.05) is 13.7 Å². The molecule has 8 nitrogen and oxygen atoms in total. The predicted molar refractivity (Wildman–Crippen MR) is 116 cm³/mol. The monoisotopic (exact) mass is 452 g/mol. The SMILES string of the molecule is COc1ccc(CO[C@H]2O[C@H]([C@@H](O)CCCOC(=O)C(C)(C)C)[C@@H]3OC(C)(C)O[C@H]23)cc1. The van der Waals surface area contributed by atoms with Crippen LogP contribution in [0.15, 0.2) is 24.3 Å². The summed E-state index contributed by atoms with van der Waals surface area (Å²) in [6, 6.07) is 7.58. The molecule has 2 heterocycles. The second-order valence-electron chi connectivity index (χ2n) is 9.79. The molecule has 0 spiro atoms. The molecule has 3 rings (SSSR count). The zero-order valence-corrected chi connectivity index (χ0v) is 19.8. The van der Waals surface area contributed by atoms with Gasteiger partial charge in [0, 0.05) is 0 Å². The molecule has 1 N–H and O–H groups in total. The van der Waals surface area contributed by atoms with Crippen LogP contribution in [0.3, 0.4) is 0 Å². The lowest BCUT2D eigenvalue weighted by Crippen LogP contribution is -2.38. The van der Waals surface area contributed by atoms with Gasteiger partial charge >= 0.3 is 5.97 Å². The first-order chi connectivity index (χ1) is 15.0. The summed E-state index contributed by atoms with van der Waals surface area (Å²) >= 11 is 0. The number of esters is 1. The average molecular weight is 453 g/mol. The maximum absolute atomic E-state index is 11.9. The van der Waals surface area contributed by atoms with Gasteiger partial charge in [-0.25, -0.2) is 0 Å². The van der Waals surface area contributed by atoms with Crippen LogP contribution in [0.5, 0.6) is 5.75 Å². The molecule has 0 saturated carbocycles. The van der Waals surface area contributed by atoms with Gasteiger partial charge in [0.25, 0.3) is 0 Å². The minimum absolute atomic E-state index is 0.244. The first-order valence-electron chi connectivity index (χ1n) is 11.1. The maximum atomic E-state index is 11.9. The van der Waals surface area contributed by atoms with Gasteiger partial charge in [0.2, 0.25) is 0 Å². The van der Waals surface area contributed by atoms with E-state index in [1.807, 2.05) is 58.9 Å². The molecule has 0 aliphatic carbocycles. The number of hydrogen-bond donors (Lipinski definition) is 1. The normalized spacial score (nSPS) is 27.7. The molecule has 0 bridgehead atoms. The quantitative estimate of drug-likeness (QED) is 0.451. The Kier molecular flexibility index (Phi) is 7.83. The van der Waals surface area contributed by atoms with E-state index in [0.717, 1.165) is 11.3 Å². The summed E-state index contributed by atoms with van der Waals surface area (Å²) in [5.74, 6) is -0.275. The number of aliphatic hydroxyl groups is 1. The van der Waals surface area contributed by atoms with Crippen LogP contribution < -0.4 is 4.74 Å². The first-order valence-corrected chi connectivity index (χ1v) is 11.1. The van der Waals surface area contributed by atoms with Crippen molar-refractivity contribution in [1.82, 2.24) is 0 Å². The van der Waals surface area contributed by atoms with E-state index in [1.165, 1.54) is 0 Å². The first kappa shape index (κ1) is 24.9. The lowest BCUT2D eigenvalue weighted by atomic mass is 9.97. The van der Waals surface area contributed by atoms with E-state index >= 15 is 0 Å². The van der Waals surface area contributed by atoms with Crippen molar-refractivity contribution in [1.29, 1.82) is 0 Å². The summed E-state index contributed by atoms with van der Waals surface area (Å²) in [5.41, 5.74) is 0.420. The van der Waals surface area contributed by atoms with Crippen LogP contribution in [-0.4, -0.2) is 61.3 Å². The van der Waals surface area contributed by atoms with Crippen LogP contribution in [0.2, 0.25) is 0 Å². The van der Waals surface area contributed by atoms with Crippen LogP contribution in [0, 0.1) is 5.41 Å². The summed E-state index contributed by atoms with van der Waals surface area (Å²) in [4.78, 5) is 11.9. The van der Waals surface area contributed by atoms with E-state index in [9.17, 15) is 9.90 Å². The third-order valence-corrected chi connectivity index (χ3v) is 5.49. The van der Waals surface area contributed by atoms with E-state index in [-0.39, 0.29) is 12.6 Å². The van der Waals surface area contributed by atoms with Crippen LogP contribution in [0.25, 0.3) is 0 Å². The Balaban J connectivity index is 1.54. The van der Waals surface area contributed by atoms with Gasteiger partial charge in [0.1, 0.15) is 24.1 Å². The topological polar surface area (TPSA) is 92.7 Å². The molecular weight excluding hydrogens is 416 g/mol. The third kappa shape index (κ3) is 6.20. The van der Waals surface area contributed by atoms with Gasteiger partial charge < -0.3 is 33.5 Å². The Morgan fingerprint density at radius 1 is 1.16 bits per heavy atom. The Hall–Kier alpha value is -1.71. The van der Waals surface area contributed by atoms with Gasteiger partial charge in [-0.1, -0.05) is 12.1 Å². The number of benzene rings is 1. The summed E-state index contributed by atoms with van der Waals surface area (Å²) in [6.07, 6.45) is -2.03. The highest BCUT2D eigenvalue weighted by atomic mass is 16.8. The predicted octanol–water partition coefficient (Wildman–Crippen LogP) is 3.19. The number of methoxy groups -OCH3 is 1. The Morgan fingerprint density at radius 3 is 2.44 bits per heavy atom. The number of rotatable bonds is 9. The molecule has 32 heavy (non-hydrogen) atoms. The molecule has 0 amide bonds. The molecule has 5 atom stereocenters. The van der Waals surface area contributed by atoms with Crippen LogP contribution in [0.1, 0.15) is 53.0 Å². The van der Waals surface area contributed by atoms with Gasteiger partial charge in [0.05, 0.1) is 31.8 Å².